The third-order valence-electron chi connectivity index (χ3n) is 4.73. The van der Waals surface area contributed by atoms with E-state index in [9.17, 15) is 18.0 Å². The Kier molecular flexibility index (Phi) is 2.64. The number of fused-ring (bicyclic) bond motifs is 3. The van der Waals surface area contributed by atoms with Crippen LogP contribution in [0.25, 0.3) is 0 Å². The van der Waals surface area contributed by atoms with E-state index >= 15 is 0 Å². The number of nitrogens with zero attached hydrogens (tertiary/aromatic N) is 1. The normalized spacial score (nSPS) is 28.5. The number of piperazine rings is 1. The average Bonchev–Trinajstić information content (AvgIpc) is 3.24. The van der Waals surface area contributed by atoms with Gasteiger partial charge in [-0.1, -0.05) is 12.1 Å². The van der Waals surface area contributed by atoms with Crippen molar-refractivity contribution in [3.63, 3.8) is 0 Å². The van der Waals surface area contributed by atoms with Crippen molar-refractivity contribution >= 4 is 5.91 Å². The highest BCUT2D eigenvalue weighted by atomic mass is 19.4. The van der Waals surface area contributed by atoms with Crippen molar-refractivity contribution in [2.45, 2.75) is 31.1 Å². The van der Waals surface area contributed by atoms with Gasteiger partial charge in [-0.15, -0.1) is 0 Å². The van der Waals surface area contributed by atoms with Crippen LogP contribution in [-0.4, -0.2) is 29.9 Å². The molecule has 2 fully saturated rings. The molecule has 0 aromatic heterocycles. The number of carbonyl (C=O) groups excluding carboxylic acids is 1. The predicted molar refractivity (Wildman–Crippen MR) is 69.7 cm³/mol. The van der Waals surface area contributed by atoms with Gasteiger partial charge in [-0.3, -0.25) is 4.79 Å². The van der Waals surface area contributed by atoms with Gasteiger partial charge in [0.15, 0.2) is 0 Å². The summed E-state index contributed by atoms with van der Waals surface area (Å²) in [4.78, 5) is 14.1. The molecule has 3 aliphatic rings. The summed E-state index contributed by atoms with van der Waals surface area (Å²) in [6, 6.07) is 3.95. The van der Waals surface area contributed by atoms with E-state index in [0.29, 0.717) is 24.6 Å². The average molecular weight is 296 g/mol. The van der Waals surface area contributed by atoms with Crippen LogP contribution in [0.3, 0.4) is 0 Å². The van der Waals surface area contributed by atoms with Crippen LogP contribution in [0.4, 0.5) is 13.2 Å². The lowest BCUT2D eigenvalue weighted by Crippen LogP contribution is -2.52. The largest absolute Gasteiger partial charge is 0.417 e. The van der Waals surface area contributed by atoms with Gasteiger partial charge in [0, 0.05) is 19.1 Å². The molecule has 1 saturated heterocycles. The highest BCUT2D eigenvalue weighted by molar-refractivity contribution is 6.01. The molecule has 1 amide bonds. The molecule has 2 aliphatic heterocycles. The standard InChI is InChI=1S/C15H15F3N2O/c16-15(17,18)10-3-1-2-9-11(10)14(21)20-7-6-19-12(13(9)20)8-4-5-8/h1-3,8,12-13,19H,4-7H2/t12-,13+/m1/s1. The molecule has 1 aromatic carbocycles. The minimum Gasteiger partial charge on any atom is -0.329 e. The molecular weight excluding hydrogens is 281 g/mol. The van der Waals surface area contributed by atoms with Crippen molar-refractivity contribution in [3.8, 4) is 0 Å². The van der Waals surface area contributed by atoms with E-state index in [2.05, 4.69) is 5.32 Å². The fourth-order valence-corrected chi connectivity index (χ4v) is 3.70. The number of halogens is 3. The van der Waals surface area contributed by atoms with Crippen molar-refractivity contribution in [3.05, 3.63) is 34.9 Å². The third-order valence-corrected chi connectivity index (χ3v) is 4.73. The molecule has 4 rings (SSSR count). The SMILES string of the molecule is O=C1c2c(cccc2C(F)(F)F)[C@H]2[C@@H](C3CC3)NCCN12. The minimum absolute atomic E-state index is 0.0902. The van der Waals surface area contributed by atoms with Crippen molar-refractivity contribution in [2.75, 3.05) is 13.1 Å². The highest BCUT2D eigenvalue weighted by Gasteiger charge is 2.51. The zero-order valence-electron chi connectivity index (χ0n) is 11.3. The summed E-state index contributed by atoms with van der Waals surface area (Å²) in [6.07, 6.45) is -2.31. The van der Waals surface area contributed by atoms with Crippen LogP contribution in [0.2, 0.25) is 0 Å². The van der Waals surface area contributed by atoms with E-state index in [-0.39, 0.29) is 17.6 Å². The highest BCUT2D eigenvalue weighted by Crippen LogP contribution is 2.48. The Morgan fingerprint density at radius 1 is 1.24 bits per heavy atom. The Morgan fingerprint density at radius 2 is 2.00 bits per heavy atom. The second-order valence-electron chi connectivity index (χ2n) is 6.03. The van der Waals surface area contributed by atoms with Gasteiger partial charge in [-0.2, -0.15) is 13.2 Å². The fourth-order valence-electron chi connectivity index (χ4n) is 3.70. The molecule has 0 radical (unpaired) electrons. The van der Waals surface area contributed by atoms with Crippen molar-refractivity contribution < 1.29 is 18.0 Å². The number of hydrogen-bond acceptors (Lipinski definition) is 2. The van der Waals surface area contributed by atoms with Crippen LogP contribution >= 0.6 is 0 Å². The van der Waals surface area contributed by atoms with Gasteiger partial charge in [0.05, 0.1) is 17.2 Å². The molecule has 112 valence electrons. The van der Waals surface area contributed by atoms with E-state index in [1.54, 1.807) is 11.0 Å². The van der Waals surface area contributed by atoms with Crippen LogP contribution in [-0.2, 0) is 6.18 Å². The molecule has 6 heteroatoms. The fraction of sp³-hybridized carbons (Fsp3) is 0.533. The first-order chi connectivity index (χ1) is 9.98. The Labute approximate surface area is 120 Å². The molecule has 1 N–H and O–H groups in total. The zero-order valence-corrected chi connectivity index (χ0v) is 11.3. The summed E-state index contributed by atoms with van der Waals surface area (Å²) < 4.78 is 39.5. The third kappa shape index (κ3) is 1.88. The number of nitrogens with one attached hydrogen (secondary N) is 1. The van der Waals surface area contributed by atoms with Gasteiger partial charge in [0.1, 0.15) is 0 Å². The van der Waals surface area contributed by atoms with Crippen LogP contribution in [0.5, 0.6) is 0 Å². The summed E-state index contributed by atoms with van der Waals surface area (Å²) >= 11 is 0. The molecule has 21 heavy (non-hydrogen) atoms. The van der Waals surface area contributed by atoms with E-state index in [1.807, 2.05) is 0 Å². The Hall–Kier alpha value is -1.56. The number of rotatable bonds is 1. The first kappa shape index (κ1) is 13.1. The number of hydrogen-bond donors (Lipinski definition) is 1. The first-order valence-electron chi connectivity index (χ1n) is 7.23. The number of alkyl halides is 3. The molecule has 0 bridgehead atoms. The minimum atomic E-state index is -4.49. The van der Waals surface area contributed by atoms with Gasteiger partial charge < -0.3 is 10.2 Å². The van der Waals surface area contributed by atoms with E-state index in [0.717, 1.165) is 18.9 Å². The molecule has 0 spiro atoms. The van der Waals surface area contributed by atoms with E-state index in [1.165, 1.54) is 6.07 Å². The summed E-state index contributed by atoms with van der Waals surface area (Å²) in [5.74, 6) is 0.0150. The number of carbonyl (C=O) groups is 1. The summed E-state index contributed by atoms with van der Waals surface area (Å²) in [6.45, 7) is 1.12. The molecule has 1 aliphatic carbocycles. The van der Waals surface area contributed by atoms with Crippen LogP contribution < -0.4 is 5.32 Å². The smallest absolute Gasteiger partial charge is 0.329 e. The molecule has 2 atom stereocenters. The van der Waals surface area contributed by atoms with Crippen LogP contribution in [0.15, 0.2) is 18.2 Å². The Morgan fingerprint density at radius 3 is 2.67 bits per heavy atom. The number of amides is 1. The monoisotopic (exact) mass is 296 g/mol. The quantitative estimate of drug-likeness (QED) is 0.864. The van der Waals surface area contributed by atoms with E-state index < -0.39 is 17.6 Å². The zero-order chi connectivity index (χ0) is 14.8. The lowest BCUT2D eigenvalue weighted by Gasteiger charge is -2.38. The van der Waals surface area contributed by atoms with Crippen molar-refractivity contribution in [1.29, 1.82) is 0 Å². The maximum absolute atomic E-state index is 13.2. The maximum atomic E-state index is 13.2. The summed E-state index contributed by atoms with van der Waals surface area (Å²) in [5.41, 5.74) is -0.391. The van der Waals surface area contributed by atoms with Crippen LogP contribution in [0.1, 0.15) is 40.4 Å². The van der Waals surface area contributed by atoms with Gasteiger partial charge in [0.25, 0.3) is 5.91 Å². The second-order valence-corrected chi connectivity index (χ2v) is 6.03. The maximum Gasteiger partial charge on any atom is 0.417 e. The summed E-state index contributed by atoms with van der Waals surface area (Å²) in [7, 11) is 0. The van der Waals surface area contributed by atoms with Gasteiger partial charge in [0.2, 0.25) is 0 Å². The molecule has 3 nitrogen and oxygen atoms in total. The predicted octanol–water partition coefficient (Wildman–Crippen LogP) is 2.58. The van der Waals surface area contributed by atoms with Gasteiger partial charge >= 0.3 is 6.18 Å². The van der Waals surface area contributed by atoms with Gasteiger partial charge in [-0.05, 0) is 30.4 Å². The second kappa shape index (κ2) is 4.22. The molecule has 1 aromatic rings. The first-order valence-corrected chi connectivity index (χ1v) is 7.23. The molecule has 1 saturated carbocycles. The lowest BCUT2D eigenvalue weighted by molar-refractivity contribution is -0.137. The Balaban J connectivity index is 1.85. The lowest BCUT2D eigenvalue weighted by atomic mass is 9.92. The molecular formula is C15H15F3N2O. The Bertz CT molecular complexity index is 609. The number of benzene rings is 1. The van der Waals surface area contributed by atoms with E-state index in [4.69, 9.17) is 0 Å². The molecule has 0 unspecified atom stereocenters. The summed E-state index contributed by atoms with van der Waals surface area (Å²) in [5, 5.41) is 3.40. The van der Waals surface area contributed by atoms with Crippen molar-refractivity contribution in [1.82, 2.24) is 10.2 Å². The van der Waals surface area contributed by atoms with Crippen molar-refractivity contribution in [2.24, 2.45) is 5.92 Å². The van der Waals surface area contributed by atoms with Crippen LogP contribution in [0, 0.1) is 5.92 Å². The molecule has 2 heterocycles. The topological polar surface area (TPSA) is 32.3 Å². The van der Waals surface area contributed by atoms with Gasteiger partial charge in [-0.25, -0.2) is 0 Å².